The lowest BCUT2D eigenvalue weighted by atomic mass is 10.2. The van der Waals surface area contributed by atoms with Crippen molar-refractivity contribution < 1.29 is 28.7 Å². The van der Waals surface area contributed by atoms with Crippen molar-refractivity contribution in [2.75, 3.05) is 13.2 Å². The first-order chi connectivity index (χ1) is 9.11. The lowest BCUT2D eigenvalue weighted by Crippen LogP contribution is -2.35. The molecule has 0 saturated carbocycles. The quantitative estimate of drug-likeness (QED) is 0.213. The van der Waals surface area contributed by atoms with Crippen LogP contribution in [0.25, 0.3) is 5.88 Å². The Morgan fingerprint density at radius 2 is 1.47 bits per heavy atom. The summed E-state index contributed by atoms with van der Waals surface area (Å²) in [4.78, 5) is 23.4. The smallest absolute Gasteiger partial charge is 0.393 e. The molecule has 6 heteroatoms. The minimum absolute atomic E-state index is 0.0917. The summed E-state index contributed by atoms with van der Waals surface area (Å²) in [7, 11) is 0. The summed E-state index contributed by atoms with van der Waals surface area (Å²) in [6.07, 6.45) is 2.99. The number of nitrogens with zero attached hydrogens (tertiary/aromatic N) is 1. The Morgan fingerprint density at radius 3 is 1.89 bits per heavy atom. The number of carbonyl (C=O) groups excluding carboxylic acids is 2. The average Bonchev–Trinajstić information content (AvgIpc) is 2.40. The maximum Gasteiger partial charge on any atom is 0.393 e. The molecular weight excluding hydrogens is 250 g/mol. The van der Waals surface area contributed by atoms with Crippen LogP contribution in [0.15, 0.2) is 36.2 Å². The van der Waals surface area contributed by atoms with Gasteiger partial charge in [0.05, 0.1) is 13.2 Å². The van der Waals surface area contributed by atoms with E-state index in [1.807, 2.05) is 0 Å². The zero-order valence-electron chi connectivity index (χ0n) is 10.8. The predicted octanol–water partition coefficient (Wildman–Crippen LogP) is 0.827. The van der Waals surface area contributed by atoms with Crippen LogP contribution in [-0.2, 0) is 19.1 Å². The maximum absolute atomic E-state index is 11.7. The van der Waals surface area contributed by atoms with Crippen molar-refractivity contribution in [1.82, 2.24) is 0 Å². The highest BCUT2D eigenvalue weighted by Gasteiger charge is 2.32. The number of pyridine rings is 1. The van der Waals surface area contributed by atoms with Crippen molar-refractivity contribution in [2.45, 2.75) is 13.8 Å². The average molecular weight is 266 g/mol. The second-order valence-electron chi connectivity index (χ2n) is 3.42. The van der Waals surface area contributed by atoms with Crippen LogP contribution in [0, 0.1) is 0 Å². The van der Waals surface area contributed by atoms with Gasteiger partial charge in [-0.2, -0.15) is 0 Å². The van der Waals surface area contributed by atoms with Crippen molar-refractivity contribution >= 4 is 17.8 Å². The van der Waals surface area contributed by atoms with E-state index in [1.165, 1.54) is 17.0 Å². The van der Waals surface area contributed by atoms with Gasteiger partial charge in [-0.05, 0) is 13.8 Å². The number of aliphatic hydroxyl groups excluding tert-OH is 1. The number of hydrogen-bond donors (Lipinski definition) is 1. The van der Waals surface area contributed by atoms with Gasteiger partial charge in [-0.25, -0.2) is 9.59 Å². The summed E-state index contributed by atoms with van der Waals surface area (Å²) in [6, 6.07) is 5.02. The molecule has 1 heterocycles. The van der Waals surface area contributed by atoms with Gasteiger partial charge in [0.25, 0.3) is 5.57 Å². The second-order valence-corrected chi connectivity index (χ2v) is 3.42. The largest absolute Gasteiger partial charge is 0.462 e. The molecule has 6 nitrogen and oxygen atoms in total. The van der Waals surface area contributed by atoms with Gasteiger partial charge < -0.3 is 14.6 Å². The van der Waals surface area contributed by atoms with E-state index in [4.69, 9.17) is 9.47 Å². The summed E-state index contributed by atoms with van der Waals surface area (Å²) in [5.74, 6) is -2.37. The molecule has 0 aliphatic heterocycles. The standard InChI is InChI=1S/C13H15NO5/c1-3-18-12(16)10(13(17)19-4-2)11(15)14-8-6-5-7-9-14/h5-9H,3-4H2,1-2H3/p+1. The Kier molecular flexibility index (Phi) is 5.53. The molecule has 0 aromatic carbocycles. The molecule has 0 unspecified atom stereocenters. The molecule has 0 aliphatic carbocycles. The first-order valence-electron chi connectivity index (χ1n) is 5.86. The SMILES string of the molecule is CCOC(=O)C(C(=O)OCC)=C(O)[n+]1ccccc1. The van der Waals surface area contributed by atoms with E-state index in [2.05, 4.69) is 0 Å². The minimum atomic E-state index is -0.921. The van der Waals surface area contributed by atoms with Crippen molar-refractivity contribution in [2.24, 2.45) is 0 Å². The normalized spacial score (nSPS) is 9.58. The van der Waals surface area contributed by atoms with E-state index in [9.17, 15) is 14.7 Å². The molecule has 0 saturated heterocycles. The topological polar surface area (TPSA) is 76.7 Å². The Morgan fingerprint density at radius 1 is 1.00 bits per heavy atom. The molecule has 0 fully saturated rings. The third-order valence-corrected chi connectivity index (χ3v) is 2.14. The summed E-state index contributed by atoms with van der Waals surface area (Å²) in [6.45, 7) is 3.39. The first-order valence-corrected chi connectivity index (χ1v) is 5.86. The molecule has 102 valence electrons. The fraction of sp³-hybridized carbons (Fsp3) is 0.308. The van der Waals surface area contributed by atoms with Crippen LogP contribution in [0.4, 0.5) is 0 Å². The number of ether oxygens (including phenoxy) is 2. The lowest BCUT2D eigenvalue weighted by molar-refractivity contribution is -0.600. The van der Waals surface area contributed by atoms with Crippen LogP contribution in [-0.4, -0.2) is 30.3 Å². The van der Waals surface area contributed by atoms with Crippen LogP contribution in [0.2, 0.25) is 0 Å². The third kappa shape index (κ3) is 3.80. The van der Waals surface area contributed by atoms with Crippen molar-refractivity contribution in [3.8, 4) is 0 Å². The fourth-order valence-electron chi connectivity index (χ4n) is 1.34. The highest BCUT2D eigenvalue weighted by atomic mass is 16.6. The molecule has 1 N–H and O–H groups in total. The van der Waals surface area contributed by atoms with Crippen molar-refractivity contribution in [3.63, 3.8) is 0 Å². The Hall–Kier alpha value is -2.37. The summed E-state index contributed by atoms with van der Waals surface area (Å²) >= 11 is 0. The van der Waals surface area contributed by atoms with Gasteiger partial charge in [-0.15, -0.1) is 4.57 Å². The molecule has 0 bridgehead atoms. The maximum atomic E-state index is 11.7. The van der Waals surface area contributed by atoms with Gasteiger partial charge in [0.1, 0.15) is 0 Å². The molecule has 1 aromatic heterocycles. The van der Waals surface area contributed by atoms with Crippen LogP contribution in [0.3, 0.4) is 0 Å². The number of hydrogen-bond acceptors (Lipinski definition) is 5. The monoisotopic (exact) mass is 266 g/mol. The van der Waals surface area contributed by atoms with E-state index >= 15 is 0 Å². The number of aromatic nitrogens is 1. The van der Waals surface area contributed by atoms with Gasteiger partial charge in [0.15, 0.2) is 12.4 Å². The van der Waals surface area contributed by atoms with E-state index in [0.717, 1.165) is 0 Å². The van der Waals surface area contributed by atoms with Crippen LogP contribution in [0.5, 0.6) is 0 Å². The molecule has 1 rings (SSSR count). The van der Waals surface area contributed by atoms with Gasteiger partial charge in [-0.3, -0.25) is 0 Å². The van der Waals surface area contributed by atoms with E-state index in [1.54, 1.807) is 32.0 Å². The van der Waals surface area contributed by atoms with Crippen molar-refractivity contribution in [3.05, 3.63) is 36.2 Å². The van der Waals surface area contributed by atoms with Crippen LogP contribution >= 0.6 is 0 Å². The van der Waals surface area contributed by atoms with Gasteiger partial charge in [0, 0.05) is 12.1 Å². The van der Waals surface area contributed by atoms with E-state index in [-0.39, 0.29) is 13.2 Å². The summed E-state index contributed by atoms with van der Waals surface area (Å²) < 4.78 is 10.7. The van der Waals surface area contributed by atoms with Crippen LogP contribution in [0.1, 0.15) is 13.8 Å². The third-order valence-electron chi connectivity index (χ3n) is 2.14. The number of rotatable bonds is 5. The Bertz CT molecular complexity index is 461. The number of aliphatic hydroxyl groups is 1. The number of carbonyl (C=O) groups is 2. The zero-order valence-corrected chi connectivity index (χ0v) is 10.8. The van der Waals surface area contributed by atoms with E-state index in [0.29, 0.717) is 0 Å². The fourth-order valence-corrected chi connectivity index (χ4v) is 1.34. The molecule has 0 aliphatic rings. The molecule has 19 heavy (non-hydrogen) atoms. The van der Waals surface area contributed by atoms with Gasteiger partial charge in [0.2, 0.25) is 0 Å². The first kappa shape index (κ1) is 14.7. The molecule has 0 amide bonds. The second kappa shape index (κ2) is 7.15. The lowest BCUT2D eigenvalue weighted by Gasteiger charge is -2.05. The minimum Gasteiger partial charge on any atom is -0.462 e. The Labute approximate surface area is 110 Å². The molecule has 1 aromatic rings. The molecular formula is C13H16NO5+. The zero-order chi connectivity index (χ0) is 14.3. The van der Waals surface area contributed by atoms with Gasteiger partial charge >= 0.3 is 17.8 Å². The Balaban J connectivity index is 3.21. The highest BCUT2D eigenvalue weighted by molar-refractivity contribution is 6.17. The molecule has 0 atom stereocenters. The number of esters is 2. The van der Waals surface area contributed by atoms with Crippen LogP contribution < -0.4 is 4.57 Å². The molecule has 0 radical (unpaired) electrons. The summed E-state index contributed by atoms with van der Waals surface area (Å²) in [5, 5.41) is 10.0. The van der Waals surface area contributed by atoms with Crippen molar-refractivity contribution in [1.29, 1.82) is 0 Å². The molecule has 0 spiro atoms. The van der Waals surface area contributed by atoms with E-state index < -0.39 is 23.4 Å². The highest BCUT2D eigenvalue weighted by Crippen LogP contribution is 2.07. The summed E-state index contributed by atoms with van der Waals surface area (Å²) in [5.41, 5.74) is -0.528. The predicted molar refractivity (Wildman–Crippen MR) is 65.7 cm³/mol. The van der Waals surface area contributed by atoms with Gasteiger partial charge in [-0.1, -0.05) is 6.07 Å².